The van der Waals surface area contributed by atoms with Gasteiger partial charge in [-0.05, 0) is 17.7 Å². The van der Waals surface area contributed by atoms with Crippen LogP contribution in [0.1, 0.15) is 6.42 Å². The van der Waals surface area contributed by atoms with Gasteiger partial charge in [-0.15, -0.1) is 0 Å². The van der Waals surface area contributed by atoms with Crippen LogP contribution in [0.2, 0.25) is 0 Å². The Bertz CT molecular complexity index is 240. The van der Waals surface area contributed by atoms with Crippen molar-refractivity contribution in [3.8, 4) is 0 Å². The molecule has 0 fully saturated rings. The summed E-state index contributed by atoms with van der Waals surface area (Å²) < 4.78 is -0.978. The van der Waals surface area contributed by atoms with Crippen molar-refractivity contribution in [3.05, 3.63) is 23.8 Å². The van der Waals surface area contributed by atoms with Crippen LogP contribution in [0.25, 0.3) is 0 Å². The van der Waals surface area contributed by atoms with Gasteiger partial charge in [0.1, 0.15) is 4.33 Å². The molecule has 1 aliphatic carbocycles. The lowest BCUT2D eigenvalue weighted by Crippen LogP contribution is -2.12. The molecule has 4 heteroatoms. The fourth-order valence-electron chi connectivity index (χ4n) is 0.800. The van der Waals surface area contributed by atoms with Crippen molar-refractivity contribution in [2.75, 3.05) is 0 Å². The molecule has 0 heterocycles. The van der Waals surface area contributed by atoms with E-state index in [4.69, 9.17) is 34.8 Å². The minimum absolute atomic E-state index is 0.350. The molecule has 60 valence electrons. The fraction of sp³-hybridized carbons (Fsp3) is 0.286. The Morgan fingerprint density at radius 1 is 1.55 bits per heavy atom. The summed E-state index contributed by atoms with van der Waals surface area (Å²) in [5, 5.41) is -0.536. The summed E-state index contributed by atoms with van der Waals surface area (Å²) in [6, 6.07) is 0. The summed E-state index contributed by atoms with van der Waals surface area (Å²) in [7, 11) is 0. The standard InChI is InChI=1S/C7H5Cl3O/c8-6(11)5-2-1-3-7(9,10)4-5/h1-2,4H,3H2. The topological polar surface area (TPSA) is 17.1 Å². The first-order chi connectivity index (χ1) is 5.01. The number of carbonyl (C=O) groups is 1. The minimum atomic E-state index is -0.978. The molecule has 0 aromatic carbocycles. The van der Waals surface area contributed by atoms with Gasteiger partial charge in [0, 0.05) is 12.0 Å². The maximum absolute atomic E-state index is 10.6. The SMILES string of the molecule is O=C(Cl)C1=CC(Cl)(Cl)CC=C1. The second-order valence-electron chi connectivity index (χ2n) is 2.24. The summed E-state index contributed by atoms with van der Waals surface area (Å²) in [5.74, 6) is 0. The van der Waals surface area contributed by atoms with Gasteiger partial charge in [-0.1, -0.05) is 35.4 Å². The van der Waals surface area contributed by atoms with Crippen LogP contribution < -0.4 is 0 Å². The molecule has 1 nitrogen and oxygen atoms in total. The Morgan fingerprint density at radius 3 is 2.55 bits per heavy atom. The van der Waals surface area contributed by atoms with Gasteiger partial charge in [0.05, 0.1) is 0 Å². The highest BCUT2D eigenvalue weighted by Gasteiger charge is 2.23. The largest absolute Gasteiger partial charge is 0.276 e. The van der Waals surface area contributed by atoms with Gasteiger partial charge in [0.15, 0.2) is 0 Å². The lowest BCUT2D eigenvalue weighted by Gasteiger charge is -2.16. The quantitative estimate of drug-likeness (QED) is 0.481. The lowest BCUT2D eigenvalue weighted by molar-refractivity contribution is -0.108. The molecule has 0 radical (unpaired) electrons. The molecule has 0 unspecified atom stereocenters. The molecule has 0 spiro atoms. The number of halogens is 3. The second kappa shape index (κ2) is 3.18. The summed E-state index contributed by atoms with van der Waals surface area (Å²) >= 11 is 16.7. The molecule has 0 amide bonds. The average molecular weight is 211 g/mol. The first kappa shape index (κ1) is 9.11. The smallest absolute Gasteiger partial charge is 0.252 e. The van der Waals surface area contributed by atoms with Gasteiger partial charge in [-0.3, -0.25) is 4.79 Å². The van der Waals surface area contributed by atoms with E-state index < -0.39 is 9.58 Å². The van der Waals surface area contributed by atoms with Crippen LogP contribution in [0.4, 0.5) is 0 Å². The Hall–Kier alpha value is 0.0200. The van der Waals surface area contributed by atoms with Crippen LogP contribution in [-0.2, 0) is 4.79 Å². The summed E-state index contributed by atoms with van der Waals surface area (Å²) in [5.41, 5.74) is 0.350. The van der Waals surface area contributed by atoms with Gasteiger partial charge < -0.3 is 0 Å². The normalized spacial score (nSPS) is 21.2. The van der Waals surface area contributed by atoms with Crippen molar-refractivity contribution in [1.82, 2.24) is 0 Å². The third-order valence-electron chi connectivity index (χ3n) is 1.28. The predicted molar refractivity (Wildman–Crippen MR) is 47.1 cm³/mol. The van der Waals surface area contributed by atoms with E-state index in [9.17, 15) is 4.79 Å². The molecule has 0 aromatic rings. The van der Waals surface area contributed by atoms with Crippen molar-refractivity contribution in [1.29, 1.82) is 0 Å². The molecule has 0 saturated heterocycles. The fourth-order valence-corrected chi connectivity index (χ4v) is 1.33. The predicted octanol–water partition coefficient (Wildman–Crippen LogP) is 2.81. The number of allylic oxidation sites excluding steroid dienone is 4. The molecule has 0 bridgehead atoms. The van der Waals surface area contributed by atoms with Crippen LogP contribution in [0.15, 0.2) is 23.8 Å². The monoisotopic (exact) mass is 210 g/mol. The van der Waals surface area contributed by atoms with Gasteiger partial charge in [0.2, 0.25) is 0 Å². The highest BCUT2D eigenvalue weighted by molar-refractivity contribution is 6.68. The zero-order valence-corrected chi connectivity index (χ0v) is 7.75. The molecule has 0 atom stereocenters. The van der Waals surface area contributed by atoms with Crippen LogP contribution in [-0.4, -0.2) is 9.58 Å². The molecular formula is C7H5Cl3O. The van der Waals surface area contributed by atoms with E-state index in [2.05, 4.69) is 0 Å². The third kappa shape index (κ3) is 2.51. The van der Waals surface area contributed by atoms with Crippen molar-refractivity contribution in [2.24, 2.45) is 0 Å². The van der Waals surface area contributed by atoms with Crippen LogP contribution >= 0.6 is 34.8 Å². The number of hydrogen-bond acceptors (Lipinski definition) is 1. The number of rotatable bonds is 1. The van der Waals surface area contributed by atoms with Crippen molar-refractivity contribution in [3.63, 3.8) is 0 Å². The van der Waals surface area contributed by atoms with Gasteiger partial charge in [-0.25, -0.2) is 0 Å². The van der Waals surface area contributed by atoms with Crippen LogP contribution in [0.5, 0.6) is 0 Å². The highest BCUT2D eigenvalue weighted by atomic mass is 35.5. The molecule has 1 aliphatic rings. The Morgan fingerprint density at radius 2 is 2.18 bits per heavy atom. The van der Waals surface area contributed by atoms with Gasteiger partial charge >= 0.3 is 0 Å². The summed E-state index contributed by atoms with van der Waals surface area (Å²) in [4.78, 5) is 10.6. The number of alkyl halides is 2. The number of hydrogen-bond donors (Lipinski definition) is 0. The van der Waals surface area contributed by atoms with E-state index in [1.165, 1.54) is 6.08 Å². The zero-order chi connectivity index (χ0) is 8.48. The maximum Gasteiger partial charge on any atom is 0.252 e. The Labute approximate surface area is 79.6 Å². The van der Waals surface area contributed by atoms with Crippen molar-refractivity contribution in [2.45, 2.75) is 10.8 Å². The molecular weight excluding hydrogens is 206 g/mol. The third-order valence-corrected chi connectivity index (χ3v) is 2.03. The number of carbonyl (C=O) groups excluding carboxylic acids is 1. The summed E-state index contributed by atoms with van der Waals surface area (Å²) in [6.07, 6.45) is 5.28. The highest BCUT2D eigenvalue weighted by Crippen LogP contribution is 2.32. The first-order valence-corrected chi connectivity index (χ1v) is 4.12. The molecule has 1 rings (SSSR count). The molecule has 0 aliphatic heterocycles. The maximum atomic E-state index is 10.6. The molecule has 11 heavy (non-hydrogen) atoms. The Kier molecular flexibility index (Phi) is 2.63. The average Bonchev–Trinajstić information content (AvgIpc) is 1.85. The molecule has 0 aromatic heterocycles. The summed E-state index contributed by atoms with van der Waals surface area (Å²) in [6.45, 7) is 0. The first-order valence-electron chi connectivity index (χ1n) is 2.98. The van der Waals surface area contributed by atoms with Crippen molar-refractivity contribution < 1.29 is 4.79 Å². The van der Waals surface area contributed by atoms with E-state index >= 15 is 0 Å². The van der Waals surface area contributed by atoms with E-state index in [0.29, 0.717) is 12.0 Å². The van der Waals surface area contributed by atoms with E-state index in [1.807, 2.05) is 0 Å². The van der Waals surface area contributed by atoms with Crippen LogP contribution in [0, 0.1) is 0 Å². The van der Waals surface area contributed by atoms with Crippen molar-refractivity contribution >= 4 is 40.0 Å². The van der Waals surface area contributed by atoms with E-state index in [0.717, 1.165) is 0 Å². The Balaban J connectivity index is 2.89. The van der Waals surface area contributed by atoms with E-state index in [1.54, 1.807) is 12.2 Å². The van der Waals surface area contributed by atoms with Gasteiger partial charge in [0.25, 0.3) is 5.24 Å². The zero-order valence-electron chi connectivity index (χ0n) is 5.48. The molecule has 0 N–H and O–H groups in total. The lowest BCUT2D eigenvalue weighted by atomic mass is 10.1. The van der Waals surface area contributed by atoms with Gasteiger partial charge in [-0.2, -0.15) is 0 Å². The molecule has 0 saturated carbocycles. The second-order valence-corrected chi connectivity index (χ2v) is 4.13. The van der Waals surface area contributed by atoms with E-state index in [-0.39, 0.29) is 0 Å². The minimum Gasteiger partial charge on any atom is -0.276 e. The van der Waals surface area contributed by atoms with Crippen LogP contribution in [0.3, 0.4) is 0 Å².